The highest BCUT2D eigenvalue weighted by Crippen LogP contribution is 2.23. The molecule has 0 spiro atoms. The number of nitrogens with one attached hydrogen (secondary N) is 1. The summed E-state index contributed by atoms with van der Waals surface area (Å²) in [5.74, 6) is -0.249. The minimum Gasteiger partial charge on any atom is -0.478 e. The second-order valence-electron chi connectivity index (χ2n) is 4.53. The molecule has 2 aromatic rings. The molecule has 21 heavy (non-hydrogen) atoms. The standard InChI is InChI=1S/C14H14ClN3O3/c1-8(2)21-13-7-16-6-12(18-13)17-9-3-4-11(15)10(5-9)14(19)20/h3-8H,1-2H3,(H,17,18)(H,19,20). The highest BCUT2D eigenvalue weighted by molar-refractivity contribution is 6.33. The minimum absolute atomic E-state index is 0.0105. The Morgan fingerprint density at radius 2 is 2.14 bits per heavy atom. The second kappa shape index (κ2) is 6.41. The molecule has 0 fully saturated rings. The summed E-state index contributed by atoms with van der Waals surface area (Å²) >= 11 is 5.82. The van der Waals surface area contributed by atoms with E-state index in [1.165, 1.54) is 24.5 Å². The van der Waals surface area contributed by atoms with Crippen LogP contribution in [0.5, 0.6) is 5.88 Å². The van der Waals surface area contributed by atoms with Crippen molar-refractivity contribution < 1.29 is 14.6 Å². The topological polar surface area (TPSA) is 84.3 Å². The Kier molecular flexibility index (Phi) is 4.59. The van der Waals surface area contributed by atoms with E-state index in [9.17, 15) is 4.79 Å². The molecule has 110 valence electrons. The average molecular weight is 308 g/mol. The molecule has 1 aromatic carbocycles. The van der Waals surface area contributed by atoms with Crippen LogP contribution in [0.25, 0.3) is 0 Å². The van der Waals surface area contributed by atoms with Crippen LogP contribution in [-0.2, 0) is 0 Å². The number of nitrogens with zero attached hydrogens (tertiary/aromatic N) is 2. The number of carboxylic acid groups (broad SMARTS) is 1. The van der Waals surface area contributed by atoms with E-state index in [0.717, 1.165) is 0 Å². The number of aromatic nitrogens is 2. The molecule has 6 nitrogen and oxygen atoms in total. The lowest BCUT2D eigenvalue weighted by atomic mass is 10.2. The summed E-state index contributed by atoms with van der Waals surface area (Å²) < 4.78 is 5.44. The van der Waals surface area contributed by atoms with Crippen LogP contribution < -0.4 is 10.1 Å². The zero-order valence-electron chi connectivity index (χ0n) is 11.5. The number of aromatic carboxylic acids is 1. The monoisotopic (exact) mass is 307 g/mol. The Morgan fingerprint density at radius 3 is 2.81 bits per heavy atom. The van der Waals surface area contributed by atoms with Crippen LogP contribution in [0.3, 0.4) is 0 Å². The molecular formula is C14H14ClN3O3. The van der Waals surface area contributed by atoms with Crippen LogP contribution in [-0.4, -0.2) is 27.1 Å². The third-order valence-corrected chi connectivity index (χ3v) is 2.77. The highest BCUT2D eigenvalue weighted by atomic mass is 35.5. The van der Waals surface area contributed by atoms with Crippen molar-refractivity contribution in [3.05, 3.63) is 41.2 Å². The van der Waals surface area contributed by atoms with E-state index >= 15 is 0 Å². The smallest absolute Gasteiger partial charge is 0.337 e. The molecule has 2 rings (SSSR count). The molecule has 0 amide bonds. The first-order valence-corrected chi connectivity index (χ1v) is 6.62. The predicted octanol–water partition coefficient (Wildman–Crippen LogP) is 3.36. The molecule has 0 unspecified atom stereocenters. The average Bonchev–Trinajstić information content (AvgIpc) is 2.40. The lowest BCUT2D eigenvalue weighted by molar-refractivity contribution is 0.0697. The molecule has 0 saturated carbocycles. The first kappa shape index (κ1) is 15.1. The summed E-state index contributed by atoms with van der Waals surface area (Å²) in [7, 11) is 0. The van der Waals surface area contributed by atoms with Gasteiger partial charge in [-0.3, -0.25) is 4.98 Å². The Balaban J connectivity index is 2.22. The maximum atomic E-state index is 11.0. The predicted molar refractivity (Wildman–Crippen MR) is 79.5 cm³/mol. The number of ether oxygens (including phenoxy) is 1. The van der Waals surface area contributed by atoms with E-state index in [1.54, 1.807) is 6.07 Å². The van der Waals surface area contributed by atoms with Gasteiger partial charge in [-0.15, -0.1) is 0 Å². The van der Waals surface area contributed by atoms with Gasteiger partial charge in [-0.2, -0.15) is 4.98 Å². The van der Waals surface area contributed by atoms with Gasteiger partial charge in [-0.05, 0) is 32.0 Å². The van der Waals surface area contributed by atoms with E-state index in [0.29, 0.717) is 17.4 Å². The number of carboxylic acids is 1. The third kappa shape index (κ3) is 4.06. The quantitative estimate of drug-likeness (QED) is 0.881. The van der Waals surface area contributed by atoms with E-state index in [4.69, 9.17) is 21.4 Å². The number of hydrogen-bond acceptors (Lipinski definition) is 5. The zero-order valence-corrected chi connectivity index (χ0v) is 12.3. The minimum atomic E-state index is -1.09. The fourth-order valence-electron chi connectivity index (χ4n) is 1.62. The van der Waals surface area contributed by atoms with Crippen LogP contribution in [0.2, 0.25) is 5.02 Å². The van der Waals surface area contributed by atoms with E-state index in [2.05, 4.69) is 15.3 Å². The maximum absolute atomic E-state index is 11.0. The molecule has 0 saturated heterocycles. The summed E-state index contributed by atoms with van der Waals surface area (Å²) in [6.45, 7) is 3.78. The Morgan fingerprint density at radius 1 is 1.38 bits per heavy atom. The summed E-state index contributed by atoms with van der Waals surface area (Å²) in [4.78, 5) is 19.3. The second-order valence-corrected chi connectivity index (χ2v) is 4.94. The van der Waals surface area contributed by atoms with Crippen LogP contribution in [0, 0.1) is 0 Å². The number of halogens is 1. The molecule has 0 aliphatic rings. The SMILES string of the molecule is CC(C)Oc1cncc(Nc2ccc(Cl)c(C(=O)O)c2)n1. The van der Waals surface area contributed by atoms with Crippen molar-refractivity contribution in [1.29, 1.82) is 0 Å². The molecular weight excluding hydrogens is 294 g/mol. The number of rotatable bonds is 5. The van der Waals surface area contributed by atoms with Gasteiger partial charge in [0.15, 0.2) is 5.82 Å². The Bertz CT molecular complexity index is 662. The lowest BCUT2D eigenvalue weighted by Crippen LogP contribution is -2.08. The van der Waals surface area contributed by atoms with Crippen molar-refractivity contribution in [2.45, 2.75) is 20.0 Å². The number of benzene rings is 1. The molecule has 7 heteroatoms. The van der Waals surface area contributed by atoms with Gasteiger partial charge in [-0.25, -0.2) is 4.79 Å². The Hall–Kier alpha value is -2.34. The molecule has 0 aliphatic carbocycles. The van der Waals surface area contributed by atoms with Gasteiger partial charge < -0.3 is 15.2 Å². The molecule has 0 atom stereocenters. The number of hydrogen-bond donors (Lipinski definition) is 2. The van der Waals surface area contributed by atoms with Crippen molar-refractivity contribution in [3.63, 3.8) is 0 Å². The normalized spacial score (nSPS) is 10.5. The van der Waals surface area contributed by atoms with Crippen LogP contribution in [0.4, 0.5) is 11.5 Å². The first-order valence-electron chi connectivity index (χ1n) is 6.24. The molecule has 0 radical (unpaired) electrons. The van der Waals surface area contributed by atoms with Crippen molar-refractivity contribution in [2.24, 2.45) is 0 Å². The van der Waals surface area contributed by atoms with Crippen molar-refractivity contribution >= 4 is 29.1 Å². The van der Waals surface area contributed by atoms with Gasteiger partial charge in [0.2, 0.25) is 5.88 Å². The fraction of sp³-hybridized carbons (Fsp3) is 0.214. The zero-order chi connectivity index (χ0) is 15.4. The maximum Gasteiger partial charge on any atom is 0.337 e. The van der Waals surface area contributed by atoms with E-state index in [1.807, 2.05) is 13.8 Å². The van der Waals surface area contributed by atoms with Crippen molar-refractivity contribution in [1.82, 2.24) is 9.97 Å². The summed E-state index contributed by atoms with van der Waals surface area (Å²) in [5, 5.41) is 12.2. The molecule has 2 N–H and O–H groups in total. The molecule has 0 aliphatic heterocycles. The third-order valence-electron chi connectivity index (χ3n) is 2.44. The van der Waals surface area contributed by atoms with Gasteiger partial charge in [0.1, 0.15) is 0 Å². The van der Waals surface area contributed by atoms with Crippen LogP contribution in [0.15, 0.2) is 30.6 Å². The number of carbonyl (C=O) groups is 1. The van der Waals surface area contributed by atoms with Gasteiger partial charge in [0.05, 0.1) is 29.1 Å². The van der Waals surface area contributed by atoms with Crippen LogP contribution in [0.1, 0.15) is 24.2 Å². The summed E-state index contributed by atoms with van der Waals surface area (Å²) in [6.07, 6.45) is 3.02. The van der Waals surface area contributed by atoms with Gasteiger partial charge in [-0.1, -0.05) is 11.6 Å². The van der Waals surface area contributed by atoms with Gasteiger partial charge in [0.25, 0.3) is 0 Å². The summed E-state index contributed by atoms with van der Waals surface area (Å²) in [6, 6.07) is 4.60. The molecule has 1 heterocycles. The van der Waals surface area contributed by atoms with Crippen molar-refractivity contribution in [2.75, 3.05) is 5.32 Å². The van der Waals surface area contributed by atoms with E-state index in [-0.39, 0.29) is 16.7 Å². The number of anilines is 2. The fourth-order valence-corrected chi connectivity index (χ4v) is 1.82. The largest absolute Gasteiger partial charge is 0.478 e. The molecule has 1 aromatic heterocycles. The van der Waals surface area contributed by atoms with Gasteiger partial charge >= 0.3 is 5.97 Å². The van der Waals surface area contributed by atoms with Gasteiger partial charge in [0, 0.05) is 5.69 Å². The highest BCUT2D eigenvalue weighted by Gasteiger charge is 2.10. The first-order chi connectivity index (χ1) is 9.95. The lowest BCUT2D eigenvalue weighted by Gasteiger charge is -2.11. The summed E-state index contributed by atoms with van der Waals surface area (Å²) in [5.41, 5.74) is 0.567. The molecule has 0 bridgehead atoms. The van der Waals surface area contributed by atoms with Crippen LogP contribution >= 0.6 is 11.6 Å². The van der Waals surface area contributed by atoms with Crippen molar-refractivity contribution in [3.8, 4) is 5.88 Å². The Labute approximate surface area is 126 Å². The van der Waals surface area contributed by atoms with E-state index < -0.39 is 5.97 Å².